The van der Waals surface area contributed by atoms with Crippen molar-refractivity contribution in [2.24, 2.45) is 0 Å². The van der Waals surface area contributed by atoms with Crippen molar-refractivity contribution in [2.45, 2.75) is 0 Å². The van der Waals surface area contributed by atoms with Gasteiger partial charge in [-0.05, 0) is 28.1 Å². The van der Waals surface area contributed by atoms with E-state index in [0.29, 0.717) is 0 Å². The third kappa shape index (κ3) is 4.05. The van der Waals surface area contributed by atoms with Gasteiger partial charge in [0, 0.05) is 10.7 Å². The standard InChI is InChI=1S/C8H7BrN2O4/c9-5-1-2-6(10-3-5)8(14)11-15-4-7(12)13/h1-3H,4H2,(H,11,14)(H,12,13). The summed E-state index contributed by atoms with van der Waals surface area (Å²) in [5.74, 6) is -1.76. The number of carbonyl (C=O) groups excluding carboxylic acids is 1. The molecule has 0 saturated carbocycles. The van der Waals surface area contributed by atoms with Crippen LogP contribution in [-0.4, -0.2) is 28.6 Å². The Labute approximate surface area is 93.3 Å². The molecule has 15 heavy (non-hydrogen) atoms. The highest BCUT2D eigenvalue weighted by Crippen LogP contribution is 2.06. The zero-order valence-corrected chi connectivity index (χ0v) is 9.02. The fourth-order valence-electron chi connectivity index (χ4n) is 0.726. The van der Waals surface area contributed by atoms with Gasteiger partial charge in [-0.15, -0.1) is 0 Å². The number of nitrogens with zero attached hydrogens (tertiary/aromatic N) is 1. The molecule has 0 aromatic carbocycles. The van der Waals surface area contributed by atoms with Gasteiger partial charge in [0.25, 0.3) is 5.91 Å². The minimum absolute atomic E-state index is 0.142. The summed E-state index contributed by atoms with van der Waals surface area (Å²) in [6.07, 6.45) is 1.45. The number of aliphatic carboxylic acids is 1. The number of nitrogens with one attached hydrogen (secondary N) is 1. The first-order valence-electron chi connectivity index (χ1n) is 3.85. The van der Waals surface area contributed by atoms with Gasteiger partial charge in [-0.1, -0.05) is 0 Å². The van der Waals surface area contributed by atoms with Crippen molar-refractivity contribution in [2.75, 3.05) is 6.61 Å². The Morgan fingerprint density at radius 3 is 2.80 bits per heavy atom. The van der Waals surface area contributed by atoms with Crippen LogP contribution in [0.25, 0.3) is 0 Å². The number of hydrogen-bond donors (Lipinski definition) is 2. The van der Waals surface area contributed by atoms with Gasteiger partial charge in [-0.2, -0.15) is 0 Å². The zero-order chi connectivity index (χ0) is 11.3. The topological polar surface area (TPSA) is 88.5 Å². The Kier molecular flexibility index (Phi) is 4.19. The molecule has 0 spiro atoms. The van der Waals surface area contributed by atoms with Gasteiger partial charge in [0.15, 0.2) is 6.61 Å². The molecule has 1 heterocycles. The second-order valence-electron chi connectivity index (χ2n) is 2.48. The second-order valence-corrected chi connectivity index (χ2v) is 3.39. The van der Waals surface area contributed by atoms with E-state index in [1.165, 1.54) is 12.3 Å². The fourth-order valence-corrected chi connectivity index (χ4v) is 0.960. The predicted molar refractivity (Wildman–Crippen MR) is 53.0 cm³/mol. The molecule has 0 radical (unpaired) electrons. The van der Waals surface area contributed by atoms with Crippen LogP contribution in [0.2, 0.25) is 0 Å². The van der Waals surface area contributed by atoms with Crippen molar-refractivity contribution in [1.29, 1.82) is 0 Å². The number of carboxylic acid groups (broad SMARTS) is 1. The normalized spacial score (nSPS) is 9.67. The van der Waals surface area contributed by atoms with E-state index in [1.807, 2.05) is 5.48 Å². The third-order valence-corrected chi connectivity index (χ3v) is 1.79. The number of rotatable bonds is 4. The first-order valence-corrected chi connectivity index (χ1v) is 4.64. The van der Waals surface area contributed by atoms with Crippen molar-refractivity contribution >= 4 is 27.8 Å². The first kappa shape index (κ1) is 11.6. The molecule has 1 amide bonds. The molecule has 0 bridgehead atoms. The summed E-state index contributed by atoms with van der Waals surface area (Å²) in [6.45, 7) is -0.595. The smallest absolute Gasteiger partial charge is 0.332 e. The molecule has 1 aromatic heterocycles. The minimum Gasteiger partial charge on any atom is -0.479 e. The number of amides is 1. The lowest BCUT2D eigenvalue weighted by atomic mass is 10.3. The summed E-state index contributed by atoms with van der Waals surface area (Å²) in [7, 11) is 0. The zero-order valence-electron chi connectivity index (χ0n) is 7.44. The SMILES string of the molecule is O=C(O)CONC(=O)c1ccc(Br)cn1. The summed E-state index contributed by atoms with van der Waals surface area (Å²) in [6, 6.07) is 3.11. The van der Waals surface area contributed by atoms with E-state index < -0.39 is 18.5 Å². The lowest BCUT2D eigenvalue weighted by Gasteiger charge is -2.02. The molecule has 0 aliphatic carbocycles. The van der Waals surface area contributed by atoms with E-state index in [9.17, 15) is 9.59 Å². The monoisotopic (exact) mass is 274 g/mol. The van der Waals surface area contributed by atoms with Crippen LogP contribution in [-0.2, 0) is 9.63 Å². The van der Waals surface area contributed by atoms with Crippen LogP contribution in [0.3, 0.4) is 0 Å². The van der Waals surface area contributed by atoms with Gasteiger partial charge in [0.05, 0.1) is 0 Å². The van der Waals surface area contributed by atoms with Crippen molar-refractivity contribution in [3.05, 3.63) is 28.5 Å². The van der Waals surface area contributed by atoms with Crippen LogP contribution in [0, 0.1) is 0 Å². The molecule has 6 nitrogen and oxygen atoms in total. The van der Waals surface area contributed by atoms with Crippen molar-refractivity contribution in [1.82, 2.24) is 10.5 Å². The van der Waals surface area contributed by atoms with E-state index in [-0.39, 0.29) is 5.69 Å². The van der Waals surface area contributed by atoms with Gasteiger partial charge in [0.2, 0.25) is 0 Å². The van der Waals surface area contributed by atoms with Gasteiger partial charge < -0.3 is 5.11 Å². The van der Waals surface area contributed by atoms with Crippen molar-refractivity contribution < 1.29 is 19.5 Å². The van der Waals surface area contributed by atoms with E-state index in [4.69, 9.17) is 5.11 Å². The predicted octanol–water partition coefficient (Wildman–Crippen LogP) is 0.590. The van der Waals surface area contributed by atoms with E-state index in [2.05, 4.69) is 25.8 Å². The highest BCUT2D eigenvalue weighted by molar-refractivity contribution is 9.10. The van der Waals surface area contributed by atoms with Crippen LogP contribution in [0.1, 0.15) is 10.5 Å². The highest BCUT2D eigenvalue weighted by Gasteiger charge is 2.07. The van der Waals surface area contributed by atoms with Crippen LogP contribution in [0.5, 0.6) is 0 Å². The number of hydrogen-bond acceptors (Lipinski definition) is 4. The molecule has 0 atom stereocenters. The lowest BCUT2D eigenvalue weighted by molar-refractivity contribution is -0.144. The summed E-state index contributed by atoms with van der Waals surface area (Å²) >= 11 is 3.16. The molecule has 0 saturated heterocycles. The summed E-state index contributed by atoms with van der Waals surface area (Å²) < 4.78 is 0.741. The Morgan fingerprint density at radius 2 is 2.27 bits per heavy atom. The number of pyridine rings is 1. The number of halogens is 1. The van der Waals surface area contributed by atoms with Gasteiger partial charge in [0.1, 0.15) is 5.69 Å². The van der Waals surface area contributed by atoms with Crippen molar-refractivity contribution in [3.63, 3.8) is 0 Å². The molecule has 2 N–H and O–H groups in total. The number of aromatic nitrogens is 1. The molecular formula is C8H7BrN2O4. The molecule has 0 aliphatic rings. The summed E-state index contributed by atoms with van der Waals surface area (Å²) in [4.78, 5) is 29.5. The van der Waals surface area contributed by atoms with E-state index >= 15 is 0 Å². The quantitative estimate of drug-likeness (QED) is 0.785. The highest BCUT2D eigenvalue weighted by atomic mass is 79.9. The maximum absolute atomic E-state index is 11.2. The van der Waals surface area contributed by atoms with Crippen LogP contribution in [0.15, 0.2) is 22.8 Å². The van der Waals surface area contributed by atoms with Crippen molar-refractivity contribution in [3.8, 4) is 0 Å². The molecule has 1 aromatic rings. The average Bonchev–Trinajstić information content (AvgIpc) is 2.18. The molecule has 0 aliphatic heterocycles. The van der Waals surface area contributed by atoms with Crippen LogP contribution >= 0.6 is 15.9 Å². The van der Waals surface area contributed by atoms with E-state index in [1.54, 1.807) is 6.07 Å². The molecule has 1 rings (SSSR count). The Morgan fingerprint density at radius 1 is 1.53 bits per heavy atom. The lowest BCUT2D eigenvalue weighted by Crippen LogP contribution is -2.27. The van der Waals surface area contributed by atoms with E-state index in [0.717, 1.165) is 4.47 Å². The Hall–Kier alpha value is -1.47. The number of carbonyl (C=O) groups is 2. The Bertz CT molecular complexity index is 365. The third-order valence-electron chi connectivity index (χ3n) is 1.32. The number of carboxylic acids is 1. The second kappa shape index (κ2) is 5.42. The summed E-state index contributed by atoms with van der Waals surface area (Å²) in [5.41, 5.74) is 2.09. The minimum atomic E-state index is -1.17. The van der Waals surface area contributed by atoms with Gasteiger partial charge in [-0.3, -0.25) is 9.63 Å². The molecule has 0 fully saturated rings. The molecule has 0 unspecified atom stereocenters. The van der Waals surface area contributed by atoms with Crippen LogP contribution in [0.4, 0.5) is 0 Å². The fraction of sp³-hybridized carbons (Fsp3) is 0.125. The maximum atomic E-state index is 11.2. The average molecular weight is 275 g/mol. The maximum Gasteiger partial charge on any atom is 0.332 e. The first-order chi connectivity index (χ1) is 7.09. The Balaban J connectivity index is 2.47. The molecule has 7 heteroatoms. The summed E-state index contributed by atoms with van der Waals surface area (Å²) in [5, 5.41) is 8.24. The van der Waals surface area contributed by atoms with Gasteiger partial charge in [-0.25, -0.2) is 15.3 Å². The van der Waals surface area contributed by atoms with Gasteiger partial charge >= 0.3 is 5.97 Å². The number of hydroxylamine groups is 1. The molecular weight excluding hydrogens is 268 g/mol. The largest absolute Gasteiger partial charge is 0.479 e. The van der Waals surface area contributed by atoms with Crippen LogP contribution < -0.4 is 5.48 Å². The molecule has 80 valence electrons.